The minimum Gasteiger partial charge on any atom is -0.338 e. The van der Waals surface area contributed by atoms with Gasteiger partial charge in [-0.3, -0.25) is 14.9 Å². The van der Waals surface area contributed by atoms with Crippen molar-refractivity contribution in [2.24, 2.45) is 5.92 Å². The number of fused-ring (bicyclic) bond motifs is 1. The molecule has 1 aromatic carbocycles. The van der Waals surface area contributed by atoms with E-state index in [0.717, 1.165) is 43.3 Å². The number of nitrogens with one attached hydrogen (secondary N) is 1. The molecule has 4 rings (SSSR count). The summed E-state index contributed by atoms with van der Waals surface area (Å²) in [6.07, 6.45) is 6.75. The summed E-state index contributed by atoms with van der Waals surface area (Å²) >= 11 is 0. The topological polar surface area (TPSA) is 61.9 Å². The Morgan fingerprint density at radius 2 is 2.20 bits per heavy atom. The fourth-order valence-electron chi connectivity index (χ4n) is 3.73. The van der Waals surface area contributed by atoms with Crippen LogP contribution in [0.3, 0.4) is 0 Å². The lowest BCUT2D eigenvalue weighted by Gasteiger charge is -2.33. The zero-order chi connectivity index (χ0) is 17.2. The molecule has 0 bridgehead atoms. The van der Waals surface area contributed by atoms with E-state index in [2.05, 4.69) is 22.1 Å². The second-order valence-corrected chi connectivity index (χ2v) is 6.88. The summed E-state index contributed by atoms with van der Waals surface area (Å²) in [5.74, 6) is 0.565. The number of likely N-dealkylation sites (tertiary alicyclic amines) is 1. The smallest absolute Gasteiger partial charge is 0.256 e. The van der Waals surface area contributed by atoms with Crippen LogP contribution < -0.4 is 0 Å². The molecule has 1 fully saturated rings. The van der Waals surface area contributed by atoms with Crippen molar-refractivity contribution < 1.29 is 4.79 Å². The number of amides is 1. The molecule has 3 aromatic rings. The predicted octanol–water partition coefficient (Wildman–Crippen LogP) is 3.36. The van der Waals surface area contributed by atoms with E-state index in [1.807, 2.05) is 41.4 Å². The third-order valence-corrected chi connectivity index (χ3v) is 5.10. The first kappa shape index (κ1) is 15.8. The molecule has 3 heterocycles. The van der Waals surface area contributed by atoms with Gasteiger partial charge in [-0.1, -0.05) is 18.2 Å². The van der Waals surface area contributed by atoms with Crippen molar-refractivity contribution >= 4 is 16.8 Å². The number of H-pyrrole nitrogens is 1. The Morgan fingerprint density at radius 3 is 3.04 bits per heavy atom. The minimum absolute atomic E-state index is 0.0929. The lowest BCUT2D eigenvalue weighted by molar-refractivity contribution is 0.0674. The van der Waals surface area contributed by atoms with Crippen molar-refractivity contribution in [3.63, 3.8) is 0 Å². The Hall–Kier alpha value is -2.69. The van der Waals surface area contributed by atoms with Gasteiger partial charge in [0.25, 0.3) is 5.91 Å². The average molecular weight is 334 g/mol. The van der Waals surface area contributed by atoms with E-state index in [0.29, 0.717) is 11.5 Å². The Bertz CT molecular complexity index is 896. The van der Waals surface area contributed by atoms with Gasteiger partial charge in [-0.25, -0.2) is 0 Å². The highest BCUT2D eigenvalue weighted by Gasteiger charge is 2.26. The van der Waals surface area contributed by atoms with Gasteiger partial charge < -0.3 is 4.90 Å². The fraction of sp³-hybridized carbons (Fsp3) is 0.350. The lowest BCUT2D eigenvalue weighted by Crippen LogP contribution is -2.40. The number of piperidine rings is 1. The van der Waals surface area contributed by atoms with Crippen molar-refractivity contribution in [3.8, 4) is 0 Å². The quantitative estimate of drug-likeness (QED) is 0.799. The normalized spacial score (nSPS) is 17.8. The van der Waals surface area contributed by atoms with Crippen LogP contribution in [0.4, 0.5) is 0 Å². The number of carbonyl (C=O) groups excluding carboxylic acids is 1. The molecule has 5 heteroatoms. The number of carbonyl (C=O) groups is 1. The standard InChI is InChI=1S/C20H22N4O/c1-14-12-22-23-18(14)11-15-5-4-10-24(13-15)20(25)17-8-2-6-16-7-3-9-21-19(16)17/h2-3,6-9,12,15H,4-5,10-11,13H2,1H3,(H,22,23)/t15-/m0/s1. The highest BCUT2D eigenvalue weighted by molar-refractivity contribution is 6.05. The van der Waals surface area contributed by atoms with Gasteiger partial charge in [0, 0.05) is 30.4 Å². The predicted molar refractivity (Wildman–Crippen MR) is 97.4 cm³/mol. The Kier molecular flexibility index (Phi) is 4.22. The Morgan fingerprint density at radius 1 is 1.32 bits per heavy atom. The zero-order valence-electron chi connectivity index (χ0n) is 14.4. The van der Waals surface area contributed by atoms with Gasteiger partial charge in [-0.05, 0) is 49.8 Å². The summed E-state index contributed by atoms with van der Waals surface area (Å²) in [6, 6.07) is 9.73. The van der Waals surface area contributed by atoms with Crippen LogP contribution in [-0.2, 0) is 6.42 Å². The van der Waals surface area contributed by atoms with Crippen LogP contribution in [0.2, 0.25) is 0 Å². The molecular weight excluding hydrogens is 312 g/mol. The van der Waals surface area contributed by atoms with Crippen molar-refractivity contribution in [2.75, 3.05) is 13.1 Å². The van der Waals surface area contributed by atoms with Gasteiger partial charge >= 0.3 is 0 Å². The number of hydrogen-bond acceptors (Lipinski definition) is 3. The van der Waals surface area contributed by atoms with Crippen LogP contribution in [0.5, 0.6) is 0 Å². The summed E-state index contributed by atoms with van der Waals surface area (Å²) in [7, 11) is 0. The van der Waals surface area contributed by atoms with Gasteiger partial charge in [0.1, 0.15) is 0 Å². The minimum atomic E-state index is 0.0929. The number of rotatable bonds is 3. The molecule has 5 nitrogen and oxygen atoms in total. The summed E-state index contributed by atoms with van der Waals surface area (Å²) in [5.41, 5.74) is 3.88. The van der Waals surface area contributed by atoms with E-state index in [4.69, 9.17) is 0 Å². The second-order valence-electron chi connectivity index (χ2n) is 6.88. The monoisotopic (exact) mass is 334 g/mol. The number of nitrogens with zero attached hydrogens (tertiary/aromatic N) is 3. The maximum absolute atomic E-state index is 13.1. The second kappa shape index (κ2) is 6.67. The van der Waals surface area contributed by atoms with Gasteiger partial charge in [0.15, 0.2) is 0 Å². The van der Waals surface area contributed by atoms with Crippen LogP contribution in [0.15, 0.2) is 42.7 Å². The molecule has 1 amide bonds. The van der Waals surface area contributed by atoms with E-state index in [1.54, 1.807) is 6.20 Å². The highest BCUT2D eigenvalue weighted by Crippen LogP contribution is 2.24. The number of aromatic nitrogens is 3. The van der Waals surface area contributed by atoms with Gasteiger partial charge in [0.2, 0.25) is 0 Å². The maximum Gasteiger partial charge on any atom is 0.256 e. The number of benzene rings is 1. The van der Waals surface area contributed by atoms with E-state index in [-0.39, 0.29) is 5.91 Å². The van der Waals surface area contributed by atoms with Crippen molar-refractivity contribution in [2.45, 2.75) is 26.2 Å². The first-order chi connectivity index (χ1) is 12.2. The number of para-hydroxylation sites is 1. The van der Waals surface area contributed by atoms with Gasteiger partial charge in [-0.15, -0.1) is 0 Å². The number of hydrogen-bond donors (Lipinski definition) is 1. The van der Waals surface area contributed by atoms with Gasteiger partial charge in [0.05, 0.1) is 17.3 Å². The van der Waals surface area contributed by atoms with Crippen LogP contribution >= 0.6 is 0 Å². The molecule has 0 aliphatic carbocycles. The molecule has 0 radical (unpaired) electrons. The van der Waals surface area contributed by atoms with E-state index >= 15 is 0 Å². The van der Waals surface area contributed by atoms with Crippen molar-refractivity contribution in [1.82, 2.24) is 20.1 Å². The summed E-state index contributed by atoms with van der Waals surface area (Å²) in [4.78, 5) is 19.5. The molecule has 0 unspecified atom stereocenters. The molecule has 1 saturated heterocycles. The van der Waals surface area contributed by atoms with E-state index in [9.17, 15) is 4.79 Å². The molecular formula is C20H22N4O. The molecule has 1 aliphatic rings. The van der Waals surface area contributed by atoms with Crippen LogP contribution in [0.1, 0.15) is 34.5 Å². The van der Waals surface area contributed by atoms with Crippen molar-refractivity contribution in [1.29, 1.82) is 0 Å². The molecule has 1 aliphatic heterocycles. The third kappa shape index (κ3) is 3.14. The number of aromatic amines is 1. The maximum atomic E-state index is 13.1. The first-order valence-corrected chi connectivity index (χ1v) is 8.84. The first-order valence-electron chi connectivity index (χ1n) is 8.84. The molecule has 2 aromatic heterocycles. The largest absolute Gasteiger partial charge is 0.338 e. The Labute approximate surface area is 147 Å². The summed E-state index contributed by atoms with van der Waals surface area (Å²) in [6.45, 7) is 3.69. The molecule has 0 spiro atoms. The molecule has 1 atom stereocenters. The fourth-order valence-corrected chi connectivity index (χ4v) is 3.73. The SMILES string of the molecule is Cc1cn[nH]c1C[C@@H]1CCCN(C(=O)c2cccc3cccnc23)C1. The Balaban J connectivity index is 1.54. The van der Waals surface area contributed by atoms with Crippen LogP contribution in [0, 0.1) is 12.8 Å². The molecule has 128 valence electrons. The lowest BCUT2D eigenvalue weighted by atomic mass is 9.92. The third-order valence-electron chi connectivity index (χ3n) is 5.10. The van der Waals surface area contributed by atoms with Crippen molar-refractivity contribution in [3.05, 3.63) is 59.5 Å². The average Bonchev–Trinajstić information content (AvgIpc) is 3.05. The number of pyridine rings is 1. The summed E-state index contributed by atoms with van der Waals surface area (Å²) in [5, 5.41) is 8.21. The number of aryl methyl sites for hydroxylation is 1. The van der Waals surface area contributed by atoms with Gasteiger partial charge in [-0.2, -0.15) is 5.10 Å². The van der Waals surface area contributed by atoms with Crippen LogP contribution in [-0.4, -0.2) is 39.1 Å². The zero-order valence-corrected chi connectivity index (χ0v) is 14.4. The van der Waals surface area contributed by atoms with E-state index in [1.165, 1.54) is 11.3 Å². The summed E-state index contributed by atoms with van der Waals surface area (Å²) < 4.78 is 0. The highest BCUT2D eigenvalue weighted by atomic mass is 16.2. The van der Waals surface area contributed by atoms with E-state index < -0.39 is 0 Å². The molecule has 1 N–H and O–H groups in total. The van der Waals surface area contributed by atoms with Crippen LogP contribution in [0.25, 0.3) is 10.9 Å². The molecule has 25 heavy (non-hydrogen) atoms. The molecule has 0 saturated carbocycles.